The predicted molar refractivity (Wildman–Crippen MR) is 113 cm³/mol. The van der Waals surface area contributed by atoms with Gasteiger partial charge in [-0.3, -0.25) is 8.37 Å². The second-order valence-electron chi connectivity index (χ2n) is 7.35. The SMILES string of the molecule is O=[S@]1OC[C@@H](c2ccc(OCCCOC3CCN(c4ncccn4)CC3)cc2)CO1. The zero-order chi connectivity index (χ0) is 20.6. The van der Waals surface area contributed by atoms with Gasteiger partial charge >= 0.3 is 11.4 Å². The van der Waals surface area contributed by atoms with E-state index in [1.54, 1.807) is 12.4 Å². The Balaban J connectivity index is 1.10. The fraction of sp³-hybridized carbons (Fsp3) is 0.524. The zero-order valence-electron chi connectivity index (χ0n) is 16.9. The molecule has 0 amide bonds. The topological polar surface area (TPSA) is 83.0 Å². The lowest BCUT2D eigenvalue weighted by Gasteiger charge is -2.31. The molecule has 2 aromatic rings. The second kappa shape index (κ2) is 10.8. The summed E-state index contributed by atoms with van der Waals surface area (Å²) in [6.45, 7) is 3.96. The van der Waals surface area contributed by atoms with Crippen molar-refractivity contribution in [2.24, 2.45) is 0 Å². The Kier molecular flexibility index (Phi) is 7.63. The minimum atomic E-state index is -1.60. The van der Waals surface area contributed by atoms with E-state index in [-0.39, 0.29) is 5.92 Å². The van der Waals surface area contributed by atoms with Crippen LogP contribution in [0.1, 0.15) is 30.7 Å². The molecule has 1 aromatic carbocycles. The lowest BCUT2D eigenvalue weighted by atomic mass is 10.0. The van der Waals surface area contributed by atoms with E-state index in [9.17, 15) is 4.21 Å². The predicted octanol–water partition coefficient (Wildman–Crippen LogP) is 2.64. The van der Waals surface area contributed by atoms with Gasteiger partial charge in [-0.25, -0.2) is 9.97 Å². The second-order valence-corrected chi connectivity index (χ2v) is 8.23. The first kappa shape index (κ1) is 21.2. The molecule has 0 unspecified atom stereocenters. The molecule has 2 aliphatic rings. The average molecular weight is 434 g/mol. The first-order valence-electron chi connectivity index (χ1n) is 10.3. The molecule has 0 spiro atoms. The molecule has 0 N–H and O–H groups in total. The molecule has 3 heterocycles. The first-order valence-corrected chi connectivity index (χ1v) is 11.3. The van der Waals surface area contributed by atoms with E-state index in [1.807, 2.05) is 30.3 Å². The van der Waals surface area contributed by atoms with Crippen molar-refractivity contribution >= 4 is 17.3 Å². The average Bonchev–Trinajstić information content (AvgIpc) is 2.81. The third-order valence-electron chi connectivity index (χ3n) is 5.27. The van der Waals surface area contributed by atoms with Crippen LogP contribution in [-0.4, -0.2) is 59.8 Å². The van der Waals surface area contributed by atoms with Crippen LogP contribution in [0, 0.1) is 0 Å². The number of hydrogen-bond acceptors (Lipinski definition) is 8. The van der Waals surface area contributed by atoms with E-state index in [0.717, 1.165) is 49.6 Å². The molecular weight excluding hydrogens is 406 g/mol. The summed E-state index contributed by atoms with van der Waals surface area (Å²) in [7, 11) is 0. The van der Waals surface area contributed by atoms with Crippen LogP contribution in [0.15, 0.2) is 42.7 Å². The van der Waals surface area contributed by atoms with Crippen LogP contribution in [0.25, 0.3) is 0 Å². The van der Waals surface area contributed by atoms with Crippen LogP contribution in [-0.2, 0) is 24.5 Å². The molecule has 162 valence electrons. The molecule has 8 nitrogen and oxygen atoms in total. The summed E-state index contributed by atoms with van der Waals surface area (Å²) in [4.78, 5) is 10.8. The molecule has 0 radical (unpaired) electrons. The van der Waals surface area contributed by atoms with Crippen LogP contribution in [0.5, 0.6) is 5.75 Å². The maximum atomic E-state index is 11.1. The molecule has 1 aromatic heterocycles. The third kappa shape index (κ3) is 5.98. The standard InChI is InChI=1S/C21H27N3O5S/c25-30-28-15-18(16-29-30)17-3-5-19(6-4-17)26-13-2-14-27-20-7-11-24(12-8-20)21-22-9-1-10-23-21/h1,3-6,9-10,18,20H,2,7-8,11-16H2/t18-,30+. The summed E-state index contributed by atoms with van der Waals surface area (Å²) in [5.74, 6) is 1.73. The Hall–Kier alpha value is -2.07. The van der Waals surface area contributed by atoms with Crippen LogP contribution in [0.3, 0.4) is 0 Å². The first-order chi connectivity index (χ1) is 14.8. The van der Waals surface area contributed by atoms with Gasteiger partial charge in [-0.2, -0.15) is 4.21 Å². The van der Waals surface area contributed by atoms with Crippen LogP contribution in [0.2, 0.25) is 0 Å². The van der Waals surface area contributed by atoms with E-state index in [2.05, 4.69) is 14.9 Å². The maximum Gasteiger partial charge on any atom is 0.304 e. The van der Waals surface area contributed by atoms with Crippen LogP contribution in [0.4, 0.5) is 5.95 Å². The third-order valence-corrected chi connectivity index (χ3v) is 5.93. The van der Waals surface area contributed by atoms with Crippen LogP contribution < -0.4 is 9.64 Å². The number of nitrogens with zero attached hydrogens (tertiary/aromatic N) is 3. The highest BCUT2D eigenvalue weighted by molar-refractivity contribution is 7.75. The van der Waals surface area contributed by atoms with Gasteiger partial charge in [0.25, 0.3) is 0 Å². The summed E-state index contributed by atoms with van der Waals surface area (Å²) in [5, 5.41) is 0. The fourth-order valence-corrected chi connectivity index (χ4v) is 4.18. The number of rotatable bonds is 8. The summed E-state index contributed by atoms with van der Waals surface area (Å²) < 4.78 is 33.0. The minimum absolute atomic E-state index is 0.102. The van der Waals surface area contributed by atoms with Gasteiger partial charge in [-0.15, -0.1) is 0 Å². The Labute approximate surface area is 179 Å². The molecule has 0 atom stereocenters. The summed E-state index contributed by atoms with van der Waals surface area (Å²) >= 11 is -1.60. The molecule has 2 saturated heterocycles. The molecule has 30 heavy (non-hydrogen) atoms. The van der Waals surface area contributed by atoms with E-state index in [0.29, 0.717) is 32.5 Å². The minimum Gasteiger partial charge on any atom is -0.494 e. The number of aromatic nitrogens is 2. The van der Waals surface area contributed by atoms with Crippen molar-refractivity contribution in [3.05, 3.63) is 48.3 Å². The van der Waals surface area contributed by atoms with E-state index in [1.165, 1.54) is 0 Å². The zero-order valence-corrected chi connectivity index (χ0v) is 17.7. The van der Waals surface area contributed by atoms with Crippen molar-refractivity contribution in [1.82, 2.24) is 9.97 Å². The smallest absolute Gasteiger partial charge is 0.304 e. The fourth-order valence-electron chi connectivity index (χ4n) is 3.56. The van der Waals surface area contributed by atoms with Crippen molar-refractivity contribution in [3.63, 3.8) is 0 Å². The number of piperidine rings is 1. The Morgan fingerprint density at radius 2 is 1.73 bits per heavy atom. The van der Waals surface area contributed by atoms with Gasteiger partial charge in [0.2, 0.25) is 5.95 Å². The summed E-state index contributed by atoms with van der Waals surface area (Å²) in [6, 6.07) is 9.73. The van der Waals surface area contributed by atoms with Crippen molar-refractivity contribution in [1.29, 1.82) is 0 Å². The Morgan fingerprint density at radius 3 is 2.43 bits per heavy atom. The monoisotopic (exact) mass is 433 g/mol. The van der Waals surface area contributed by atoms with Crippen molar-refractivity contribution in [2.45, 2.75) is 31.3 Å². The van der Waals surface area contributed by atoms with Gasteiger partial charge in [0.15, 0.2) is 0 Å². The number of anilines is 1. The van der Waals surface area contributed by atoms with Gasteiger partial charge in [-0.05, 0) is 36.6 Å². The van der Waals surface area contributed by atoms with Gasteiger partial charge < -0.3 is 14.4 Å². The van der Waals surface area contributed by atoms with Gasteiger partial charge in [0, 0.05) is 37.8 Å². The Bertz CT molecular complexity index is 790. The van der Waals surface area contributed by atoms with Crippen molar-refractivity contribution < 1.29 is 22.0 Å². The van der Waals surface area contributed by atoms with Crippen LogP contribution >= 0.6 is 0 Å². The molecule has 0 bridgehead atoms. The molecule has 2 fully saturated rings. The molecule has 4 rings (SSSR count). The van der Waals surface area contributed by atoms with E-state index >= 15 is 0 Å². The number of benzene rings is 1. The molecule has 0 aliphatic carbocycles. The van der Waals surface area contributed by atoms with Gasteiger partial charge in [-0.1, -0.05) is 12.1 Å². The highest BCUT2D eigenvalue weighted by atomic mass is 32.2. The Morgan fingerprint density at radius 1 is 1.03 bits per heavy atom. The molecular formula is C21H27N3O5S. The lowest BCUT2D eigenvalue weighted by Crippen LogP contribution is -2.38. The van der Waals surface area contributed by atoms with E-state index in [4.69, 9.17) is 17.8 Å². The number of hydrogen-bond donors (Lipinski definition) is 0. The molecule has 9 heteroatoms. The maximum absolute atomic E-state index is 11.1. The highest BCUT2D eigenvalue weighted by Crippen LogP contribution is 2.24. The molecule has 2 aliphatic heterocycles. The summed E-state index contributed by atoms with van der Waals surface area (Å²) in [5.41, 5.74) is 1.09. The number of ether oxygens (including phenoxy) is 2. The van der Waals surface area contributed by atoms with E-state index < -0.39 is 11.4 Å². The highest BCUT2D eigenvalue weighted by Gasteiger charge is 2.22. The van der Waals surface area contributed by atoms with Gasteiger partial charge in [0.05, 0.1) is 32.5 Å². The van der Waals surface area contributed by atoms with Crippen molar-refractivity contribution in [2.75, 3.05) is 44.4 Å². The molecule has 0 saturated carbocycles. The van der Waals surface area contributed by atoms with Crippen molar-refractivity contribution in [3.8, 4) is 5.75 Å². The normalized spacial score (nSPS) is 22.7. The quantitative estimate of drug-likeness (QED) is 0.588. The van der Waals surface area contributed by atoms with Gasteiger partial charge in [0.1, 0.15) is 5.75 Å². The summed E-state index contributed by atoms with van der Waals surface area (Å²) in [6.07, 6.45) is 6.67. The largest absolute Gasteiger partial charge is 0.494 e. The lowest BCUT2D eigenvalue weighted by molar-refractivity contribution is 0.0305.